The van der Waals surface area contributed by atoms with E-state index < -0.39 is 0 Å². The molecule has 1 rings (SSSR count). The minimum Gasteiger partial charge on any atom is -0.343 e. The third-order valence-electron chi connectivity index (χ3n) is 4.25. The van der Waals surface area contributed by atoms with Gasteiger partial charge in [-0.2, -0.15) is 0 Å². The van der Waals surface area contributed by atoms with Crippen LogP contribution in [0.4, 0.5) is 0 Å². The van der Waals surface area contributed by atoms with Gasteiger partial charge in [0.2, 0.25) is 5.91 Å². The Kier molecular flexibility index (Phi) is 6.65. The van der Waals surface area contributed by atoms with Gasteiger partial charge in [-0.3, -0.25) is 9.69 Å². The molecule has 0 radical (unpaired) electrons. The molecule has 1 amide bonds. The molecule has 0 bridgehead atoms. The van der Waals surface area contributed by atoms with Gasteiger partial charge in [-0.05, 0) is 39.7 Å². The number of piperidine rings is 1. The van der Waals surface area contributed by atoms with Crippen LogP contribution in [-0.4, -0.2) is 54.5 Å². The second kappa shape index (κ2) is 7.74. The SMILES string of the molecule is CCC(C)N(C)C(CN)CC(=O)N1CCCCC1. The number of hydrogen-bond donors (Lipinski definition) is 1. The normalized spacial score (nSPS) is 19.9. The largest absolute Gasteiger partial charge is 0.343 e. The summed E-state index contributed by atoms with van der Waals surface area (Å²) in [6.45, 7) is 6.78. The Labute approximate surface area is 111 Å². The van der Waals surface area contributed by atoms with Crippen molar-refractivity contribution < 1.29 is 4.79 Å². The zero-order valence-electron chi connectivity index (χ0n) is 12.2. The van der Waals surface area contributed by atoms with Gasteiger partial charge in [0.15, 0.2) is 0 Å². The van der Waals surface area contributed by atoms with Crippen LogP contribution in [0.2, 0.25) is 0 Å². The van der Waals surface area contributed by atoms with Crippen LogP contribution in [0.25, 0.3) is 0 Å². The van der Waals surface area contributed by atoms with Crippen LogP contribution in [0.1, 0.15) is 46.0 Å². The van der Waals surface area contributed by atoms with Crippen LogP contribution in [0.3, 0.4) is 0 Å². The second-order valence-electron chi connectivity index (χ2n) is 5.46. The van der Waals surface area contributed by atoms with Gasteiger partial charge in [-0.25, -0.2) is 0 Å². The number of amides is 1. The molecule has 2 N–H and O–H groups in total. The summed E-state index contributed by atoms with van der Waals surface area (Å²) in [6.07, 6.45) is 5.22. The van der Waals surface area contributed by atoms with Gasteiger partial charge in [0.1, 0.15) is 0 Å². The fourth-order valence-electron chi connectivity index (χ4n) is 2.52. The first-order valence-electron chi connectivity index (χ1n) is 7.29. The summed E-state index contributed by atoms with van der Waals surface area (Å²) in [4.78, 5) is 16.5. The highest BCUT2D eigenvalue weighted by Crippen LogP contribution is 2.14. The van der Waals surface area contributed by atoms with Crippen molar-refractivity contribution in [2.45, 2.75) is 58.0 Å². The molecule has 0 aromatic heterocycles. The number of hydrogen-bond acceptors (Lipinski definition) is 3. The van der Waals surface area contributed by atoms with Crippen LogP contribution in [0.5, 0.6) is 0 Å². The number of likely N-dealkylation sites (tertiary alicyclic amines) is 1. The number of carbonyl (C=O) groups is 1. The fourth-order valence-corrected chi connectivity index (χ4v) is 2.52. The van der Waals surface area contributed by atoms with Crippen LogP contribution in [0, 0.1) is 0 Å². The summed E-state index contributed by atoms with van der Waals surface area (Å²) in [5, 5.41) is 0. The Morgan fingerprint density at radius 3 is 2.44 bits per heavy atom. The Balaban J connectivity index is 2.48. The van der Waals surface area contributed by atoms with Gasteiger partial charge in [-0.1, -0.05) is 6.92 Å². The third-order valence-corrected chi connectivity index (χ3v) is 4.25. The van der Waals surface area contributed by atoms with Crippen LogP contribution < -0.4 is 5.73 Å². The average molecular weight is 255 g/mol. The molecular formula is C14H29N3O. The van der Waals surface area contributed by atoms with E-state index in [-0.39, 0.29) is 11.9 Å². The summed E-state index contributed by atoms with van der Waals surface area (Å²) in [5.74, 6) is 0.278. The molecule has 1 aliphatic heterocycles. The molecule has 106 valence electrons. The summed E-state index contributed by atoms with van der Waals surface area (Å²) in [7, 11) is 2.08. The molecule has 18 heavy (non-hydrogen) atoms. The maximum absolute atomic E-state index is 12.2. The van der Waals surface area contributed by atoms with Gasteiger partial charge in [0.05, 0.1) is 0 Å². The minimum absolute atomic E-state index is 0.175. The van der Waals surface area contributed by atoms with E-state index in [0.29, 0.717) is 19.0 Å². The zero-order valence-corrected chi connectivity index (χ0v) is 12.2. The number of likely N-dealkylation sites (N-methyl/N-ethyl adjacent to an activating group) is 1. The molecule has 0 aromatic carbocycles. The van der Waals surface area contributed by atoms with Crippen LogP contribution in [0.15, 0.2) is 0 Å². The van der Waals surface area contributed by atoms with Crippen molar-refractivity contribution in [2.24, 2.45) is 5.73 Å². The van der Waals surface area contributed by atoms with Crippen LogP contribution in [-0.2, 0) is 4.79 Å². The topological polar surface area (TPSA) is 49.6 Å². The highest BCUT2D eigenvalue weighted by Gasteiger charge is 2.24. The maximum atomic E-state index is 12.2. The first-order valence-corrected chi connectivity index (χ1v) is 7.29. The highest BCUT2D eigenvalue weighted by atomic mass is 16.2. The van der Waals surface area contributed by atoms with Crippen molar-refractivity contribution >= 4 is 5.91 Å². The van der Waals surface area contributed by atoms with E-state index in [9.17, 15) is 4.79 Å². The quantitative estimate of drug-likeness (QED) is 0.781. The molecule has 1 aliphatic rings. The van der Waals surface area contributed by atoms with E-state index in [1.165, 1.54) is 6.42 Å². The molecule has 4 nitrogen and oxygen atoms in total. The number of carbonyl (C=O) groups excluding carboxylic acids is 1. The molecule has 2 atom stereocenters. The van der Waals surface area contributed by atoms with Crippen molar-refractivity contribution in [3.63, 3.8) is 0 Å². The molecule has 1 fully saturated rings. The summed E-state index contributed by atoms with van der Waals surface area (Å²) >= 11 is 0. The van der Waals surface area contributed by atoms with Crippen LogP contribution >= 0.6 is 0 Å². The predicted molar refractivity (Wildman–Crippen MR) is 75.4 cm³/mol. The lowest BCUT2D eigenvalue weighted by Crippen LogP contribution is -2.47. The Morgan fingerprint density at radius 1 is 1.33 bits per heavy atom. The van der Waals surface area contributed by atoms with Crippen molar-refractivity contribution in [2.75, 3.05) is 26.7 Å². The second-order valence-corrected chi connectivity index (χ2v) is 5.46. The van der Waals surface area contributed by atoms with E-state index in [0.717, 1.165) is 32.4 Å². The van der Waals surface area contributed by atoms with Gasteiger partial charge >= 0.3 is 0 Å². The summed E-state index contributed by atoms with van der Waals surface area (Å²) < 4.78 is 0. The van der Waals surface area contributed by atoms with Crippen molar-refractivity contribution in [1.82, 2.24) is 9.80 Å². The summed E-state index contributed by atoms with van der Waals surface area (Å²) in [6, 6.07) is 0.655. The van der Waals surface area contributed by atoms with E-state index in [4.69, 9.17) is 5.73 Å². The molecule has 0 saturated carbocycles. The molecule has 0 aromatic rings. The Bertz CT molecular complexity index is 251. The van der Waals surface area contributed by atoms with Gasteiger partial charge in [0.25, 0.3) is 0 Å². The number of nitrogens with zero attached hydrogens (tertiary/aromatic N) is 2. The third kappa shape index (κ3) is 4.25. The standard InChI is InChI=1S/C14H29N3O/c1-4-12(2)16(3)13(11-15)10-14(18)17-8-6-5-7-9-17/h12-13H,4-11,15H2,1-3H3. The highest BCUT2D eigenvalue weighted by molar-refractivity contribution is 5.76. The van der Waals surface area contributed by atoms with Gasteiger partial charge < -0.3 is 10.6 Å². The first kappa shape index (κ1) is 15.4. The average Bonchev–Trinajstić information content (AvgIpc) is 2.43. The molecule has 1 heterocycles. The zero-order chi connectivity index (χ0) is 13.5. The predicted octanol–water partition coefficient (Wildman–Crippen LogP) is 1.45. The first-order chi connectivity index (χ1) is 8.60. The van der Waals surface area contributed by atoms with Gasteiger partial charge in [0, 0.05) is 38.1 Å². The molecule has 2 unspecified atom stereocenters. The smallest absolute Gasteiger partial charge is 0.224 e. The van der Waals surface area contributed by atoms with Crippen molar-refractivity contribution in [3.05, 3.63) is 0 Å². The monoisotopic (exact) mass is 255 g/mol. The Morgan fingerprint density at radius 2 is 1.94 bits per heavy atom. The summed E-state index contributed by atoms with van der Waals surface area (Å²) in [5.41, 5.74) is 5.83. The van der Waals surface area contributed by atoms with Gasteiger partial charge in [-0.15, -0.1) is 0 Å². The lowest BCUT2D eigenvalue weighted by atomic mass is 10.1. The maximum Gasteiger partial charge on any atom is 0.224 e. The van der Waals surface area contributed by atoms with E-state index in [2.05, 4.69) is 25.8 Å². The minimum atomic E-state index is 0.175. The number of rotatable bonds is 6. The fraction of sp³-hybridized carbons (Fsp3) is 0.929. The van der Waals surface area contributed by atoms with E-state index in [1.54, 1.807) is 0 Å². The molecular weight excluding hydrogens is 226 g/mol. The lowest BCUT2D eigenvalue weighted by molar-refractivity contribution is -0.133. The van der Waals surface area contributed by atoms with Crippen molar-refractivity contribution in [3.8, 4) is 0 Å². The Hall–Kier alpha value is -0.610. The van der Waals surface area contributed by atoms with E-state index >= 15 is 0 Å². The van der Waals surface area contributed by atoms with E-state index in [1.807, 2.05) is 4.90 Å². The molecule has 0 spiro atoms. The molecule has 4 heteroatoms. The lowest BCUT2D eigenvalue weighted by Gasteiger charge is -2.34. The number of nitrogens with two attached hydrogens (primary N) is 1. The molecule has 0 aliphatic carbocycles. The van der Waals surface area contributed by atoms with Crippen molar-refractivity contribution in [1.29, 1.82) is 0 Å². The molecule has 1 saturated heterocycles.